The van der Waals surface area contributed by atoms with Crippen LogP contribution in [-0.4, -0.2) is 37.0 Å². The van der Waals surface area contributed by atoms with E-state index in [9.17, 15) is 4.79 Å². The lowest BCUT2D eigenvalue weighted by atomic mass is 9.88. The average Bonchev–Trinajstić information content (AvgIpc) is 3.15. The molecule has 1 saturated heterocycles. The Bertz CT molecular complexity index is 587. The summed E-state index contributed by atoms with van der Waals surface area (Å²) in [5.41, 5.74) is 2.40. The number of likely N-dealkylation sites (N-methyl/N-ethyl adjacent to an activating group) is 1. The first-order chi connectivity index (χ1) is 11.3. The topological polar surface area (TPSA) is 32.3 Å². The van der Waals surface area contributed by atoms with Gasteiger partial charge in [0.15, 0.2) is 0 Å². The first kappa shape index (κ1) is 18.5. The molecule has 3 nitrogen and oxygen atoms in total. The van der Waals surface area contributed by atoms with Gasteiger partial charge < -0.3 is 10.2 Å². The zero-order chi connectivity index (χ0) is 16.1. The van der Waals surface area contributed by atoms with Crippen molar-refractivity contribution in [2.75, 3.05) is 20.1 Å². The minimum absolute atomic E-state index is 0. The summed E-state index contributed by atoms with van der Waals surface area (Å²) in [5.74, 6) is 0.332. The summed E-state index contributed by atoms with van der Waals surface area (Å²) in [6.45, 7) is 1.91. The molecule has 1 fully saturated rings. The van der Waals surface area contributed by atoms with E-state index in [-0.39, 0.29) is 24.2 Å². The molecule has 0 saturated carbocycles. The van der Waals surface area contributed by atoms with Crippen LogP contribution in [0.3, 0.4) is 0 Å². The molecule has 24 heavy (non-hydrogen) atoms. The van der Waals surface area contributed by atoms with Crippen LogP contribution in [0.5, 0.6) is 0 Å². The Kier molecular flexibility index (Phi) is 6.83. The van der Waals surface area contributed by atoms with Gasteiger partial charge in [0, 0.05) is 32.0 Å². The Balaban J connectivity index is 0.00000208. The van der Waals surface area contributed by atoms with E-state index in [0.29, 0.717) is 12.5 Å². The van der Waals surface area contributed by atoms with Crippen LogP contribution < -0.4 is 5.32 Å². The van der Waals surface area contributed by atoms with Crippen LogP contribution in [-0.2, 0) is 4.79 Å². The Hall–Kier alpha value is -1.84. The number of hydrogen-bond acceptors (Lipinski definition) is 2. The highest BCUT2D eigenvalue weighted by Gasteiger charge is 2.26. The van der Waals surface area contributed by atoms with Gasteiger partial charge >= 0.3 is 0 Å². The molecule has 0 aliphatic carbocycles. The SMILES string of the molecule is CN(C(=O)CC(c1ccccc1)c1ccccc1)C1CCNC1.Cl. The summed E-state index contributed by atoms with van der Waals surface area (Å²) in [4.78, 5) is 14.7. The van der Waals surface area contributed by atoms with Crippen molar-refractivity contribution in [2.24, 2.45) is 0 Å². The maximum atomic E-state index is 12.8. The van der Waals surface area contributed by atoms with Crippen LogP contribution in [0.25, 0.3) is 0 Å². The van der Waals surface area contributed by atoms with Gasteiger partial charge in [-0.3, -0.25) is 4.79 Å². The molecule has 1 aliphatic heterocycles. The minimum Gasteiger partial charge on any atom is -0.341 e. The highest BCUT2D eigenvalue weighted by atomic mass is 35.5. The molecule has 1 aliphatic rings. The van der Waals surface area contributed by atoms with Gasteiger partial charge in [0.05, 0.1) is 0 Å². The smallest absolute Gasteiger partial charge is 0.223 e. The number of carbonyl (C=O) groups is 1. The third kappa shape index (κ3) is 4.37. The molecule has 0 radical (unpaired) electrons. The lowest BCUT2D eigenvalue weighted by molar-refractivity contribution is -0.131. The Morgan fingerprint density at radius 2 is 1.62 bits per heavy atom. The molecule has 2 aromatic carbocycles. The highest BCUT2D eigenvalue weighted by molar-refractivity contribution is 5.85. The van der Waals surface area contributed by atoms with Gasteiger partial charge in [-0.2, -0.15) is 0 Å². The van der Waals surface area contributed by atoms with Crippen molar-refractivity contribution >= 4 is 18.3 Å². The monoisotopic (exact) mass is 344 g/mol. The second-order valence-electron chi connectivity index (χ2n) is 6.23. The van der Waals surface area contributed by atoms with Gasteiger partial charge in [-0.25, -0.2) is 0 Å². The summed E-state index contributed by atoms with van der Waals surface area (Å²) in [6, 6.07) is 21.0. The van der Waals surface area contributed by atoms with Gasteiger partial charge in [-0.05, 0) is 24.1 Å². The standard InChI is InChI=1S/C20H24N2O.ClH/c1-22(18-12-13-21-15-18)20(23)14-19(16-8-4-2-5-9-16)17-10-6-3-7-11-17;/h2-11,18-19,21H,12-15H2,1H3;1H. The Morgan fingerprint density at radius 1 is 1.08 bits per heavy atom. The van der Waals surface area contributed by atoms with E-state index in [1.54, 1.807) is 0 Å². The molecular weight excluding hydrogens is 320 g/mol. The minimum atomic E-state index is 0. The summed E-state index contributed by atoms with van der Waals surface area (Å²) in [7, 11) is 1.94. The normalized spacial score (nSPS) is 16.7. The number of hydrogen-bond donors (Lipinski definition) is 1. The molecule has 0 bridgehead atoms. The van der Waals surface area contributed by atoms with Crippen LogP contribution in [0.1, 0.15) is 29.9 Å². The molecule has 1 atom stereocenters. The van der Waals surface area contributed by atoms with Crippen molar-refractivity contribution in [3.05, 3.63) is 71.8 Å². The van der Waals surface area contributed by atoms with Crippen LogP contribution in [0.2, 0.25) is 0 Å². The summed E-state index contributed by atoms with van der Waals surface area (Å²) in [5, 5.41) is 3.33. The fraction of sp³-hybridized carbons (Fsp3) is 0.350. The summed E-state index contributed by atoms with van der Waals surface area (Å²) in [6.07, 6.45) is 1.56. The first-order valence-electron chi connectivity index (χ1n) is 8.32. The van der Waals surface area contributed by atoms with Gasteiger partial charge in [-0.15, -0.1) is 12.4 Å². The highest BCUT2D eigenvalue weighted by Crippen LogP contribution is 2.28. The third-order valence-electron chi connectivity index (χ3n) is 4.76. The quantitative estimate of drug-likeness (QED) is 0.901. The zero-order valence-electron chi connectivity index (χ0n) is 14.0. The van der Waals surface area contributed by atoms with E-state index in [1.165, 1.54) is 11.1 Å². The number of carbonyl (C=O) groups excluding carboxylic acids is 1. The maximum Gasteiger partial charge on any atom is 0.223 e. The van der Waals surface area contributed by atoms with E-state index in [0.717, 1.165) is 19.5 Å². The molecule has 1 heterocycles. The number of rotatable bonds is 5. The molecular formula is C20H25ClN2O. The van der Waals surface area contributed by atoms with Gasteiger partial charge in [0.1, 0.15) is 0 Å². The third-order valence-corrected chi connectivity index (χ3v) is 4.76. The number of halogens is 1. The maximum absolute atomic E-state index is 12.8. The average molecular weight is 345 g/mol. The van der Waals surface area contributed by atoms with Crippen molar-refractivity contribution in [1.82, 2.24) is 10.2 Å². The second-order valence-corrected chi connectivity index (χ2v) is 6.23. The lowest BCUT2D eigenvalue weighted by Crippen LogP contribution is -2.39. The number of amides is 1. The van der Waals surface area contributed by atoms with Crippen molar-refractivity contribution in [1.29, 1.82) is 0 Å². The summed E-state index contributed by atoms with van der Waals surface area (Å²) < 4.78 is 0. The Labute approximate surface area is 150 Å². The van der Waals surface area contributed by atoms with Gasteiger partial charge in [-0.1, -0.05) is 60.7 Å². The fourth-order valence-corrected chi connectivity index (χ4v) is 3.29. The lowest BCUT2D eigenvalue weighted by Gasteiger charge is -2.26. The van der Waals surface area contributed by atoms with Crippen molar-refractivity contribution in [2.45, 2.75) is 24.8 Å². The second kappa shape index (κ2) is 8.86. The molecule has 1 amide bonds. The van der Waals surface area contributed by atoms with Gasteiger partial charge in [0.25, 0.3) is 0 Å². The largest absolute Gasteiger partial charge is 0.341 e. The van der Waals surface area contributed by atoms with E-state index < -0.39 is 0 Å². The van der Waals surface area contributed by atoms with Crippen molar-refractivity contribution < 1.29 is 4.79 Å². The molecule has 0 spiro atoms. The molecule has 1 N–H and O–H groups in total. The molecule has 3 rings (SSSR count). The summed E-state index contributed by atoms with van der Waals surface area (Å²) >= 11 is 0. The van der Waals surface area contributed by atoms with Gasteiger partial charge in [0.2, 0.25) is 5.91 Å². The molecule has 1 unspecified atom stereocenters. The predicted octanol–water partition coefficient (Wildman–Crippen LogP) is 3.45. The van der Waals surface area contributed by atoms with Crippen LogP contribution in [0, 0.1) is 0 Å². The van der Waals surface area contributed by atoms with Crippen molar-refractivity contribution in [3.8, 4) is 0 Å². The Morgan fingerprint density at radius 3 is 2.08 bits per heavy atom. The zero-order valence-corrected chi connectivity index (χ0v) is 14.8. The van der Waals surface area contributed by atoms with E-state index in [4.69, 9.17) is 0 Å². The van der Waals surface area contributed by atoms with E-state index in [1.807, 2.05) is 48.3 Å². The number of nitrogens with one attached hydrogen (secondary N) is 1. The van der Waals surface area contributed by atoms with Crippen LogP contribution in [0.15, 0.2) is 60.7 Å². The molecule has 2 aromatic rings. The molecule has 4 heteroatoms. The first-order valence-corrected chi connectivity index (χ1v) is 8.32. The van der Waals surface area contributed by atoms with Crippen LogP contribution >= 0.6 is 12.4 Å². The van der Waals surface area contributed by atoms with Crippen LogP contribution in [0.4, 0.5) is 0 Å². The predicted molar refractivity (Wildman–Crippen MR) is 101 cm³/mol. The van der Waals surface area contributed by atoms with E-state index >= 15 is 0 Å². The van der Waals surface area contributed by atoms with Crippen molar-refractivity contribution in [3.63, 3.8) is 0 Å². The van der Waals surface area contributed by atoms with E-state index in [2.05, 4.69) is 29.6 Å². The number of benzene rings is 2. The number of nitrogens with zero attached hydrogens (tertiary/aromatic N) is 1. The molecule has 128 valence electrons. The fourth-order valence-electron chi connectivity index (χ4n) is 3.29. The molecule has 0 aromatic heterocycles.